The molecule has 1 aliphatic heterocycles. The first-order chi connectivity index (χ1) is 15.4. The van der Waals surface area contributed by atoms with Crippen LogP contribution in [0.3, 0.4) is 0 Å². The summed E-state index contributed by atoms with van der Waals surface area (Å²) in [4.78, 5) is 39.9. The van der Waals surface area contributed by atoms with Crippen molar-refractivity contribution >= 4 is 34.1 Å². The van der Waals surface area contributed by atoms with Crippen molar-refractivity contribution in [3.05, 3.63) is 63.9 Å². The molecule has 0 bridgehead atoms. The first-order valence-corrected chi connectivity index (χ1v) is 10.1. The number of hydrogen-bond donors (Lipinski definition) is 1. The molecule has 1 N–H and O–H groups in total. The third-order valence-electron chi connectivity index (χ3n) is 5.63. The van der Waals surface area contributed by atoms with Crippen LogP contribution in [0.1, 0.15) is 34.1 Å². The van der Waals surface area contributed by atoms with Gasteiger partial charge in [0, 0.05) is 19.5 Å². The summed E-state index contributed by atoms with van der Waals surface area (Å²) in [5, 5.41) is 19.1. The van der Waals surface area contributed by atoms with Gasteiger partial charge in [0.05, 0.1) is 35.0 Å². The Balaban J connectivity index is 1.79. The minimum absolute atomic E-state index is 0.118. The van der Waals surface area contributed by atoms with Crippen molar-refractivity contribution in [2.24, 2.45) is 17.3 Å². The van der Waals surface area contributed by atoms with E-state index in [2.05, 4.69) is 10.2 Å². The number of ether oxygens (including phenoxy) is 1. The number of aromatic nitrogens is 1. The van der Waals surface area contributed by atoms with Gasteiger partial charge in [0.15, 0.2) is 11.4 Å². The van der Waals surface area contributed by atoms with Crippen LogP contribution < -0.4 is 5.56 Å². The monoisotopic (exact) mass is 434 g/mol. The topological polar surface area (TPSA) is 114 Å². The number of methoxy groups -OCH3 is 1. The number of aromatic hydroxyl groups is 1. The maximum atomic E-state index is 13.1. The van der Waals surface area contributed by atoms with Gasteiger partial charge >= 0.3 is 0 Å². The van der Waals surface area contributed by atoms with E-state index in [-0.39, 0.29) is 34.9 Å². The largest absolute Gasteiger partial charge is 0.505 e. The number of carbonyl (C=O) groups excluding carboxylic acids is 2. The van der Waals surface area contributed by atoms with Crippen LogP contribution in [0.5, 0.6) is 5.75 Å². The molecular weight excluding hydrogens is 412 g/mol. The van der Waals surface area contributed by atoms with Crippen LogP contribution in [0.4, 0.5) is 11.4 Å². The molecule has 9 heteroatoms. The van der Waals surface area contributed by atoms with Crippen molar-refractivity contribution in [1.82, 2.24) is 9.47 Å². The highest BCUT2D eigenvalue weighted by Crippen LogP contribution is 2.36. The molecule has 2 amide bonds. The maximum Gasteiger partial charge on any atom is 0.282 e. The predicted octanol–water partition coefficient (Wildman–Crippen LogP) is 3.68. The zero-order chi connectivity index (χ0) is 23.0. The van der Waals surface area contributed by atoms with E-state index in [0.717, 1.165) is 0 Å². The predicted molar refractivity (Wildman–Crippen MR) is 118 cm³/mol. The quantitative estimate of drug-likeness (QED) is 0.470. The molecule has 2 heterocycles. The minimum Gasteiger partial charge on any atom is -0.505 e. The summed E-state index contributed by atoms with van der Waals surface area (Å²) in [5.74, 6) is -1.20. The molecule has 0 saturated heterocycles. The Morgan fingerprint density at radius 2 is 1.78 bits per heavy atom. The number of fused-ring (bicyclic) bond motifs is 2. The molecule has 2 aromatic carbocycles. The third kappa shape index (κ3) is 3.27. The molecule has 164 valence electrons. The van der Waals surface area contributed by atoms with Crippen LogP contribution >= 0.6 is 0 Å². The van der Waals surface area contributed by atoms with Gasteiger partial charge in [-0.3, -0.25) is 19.3 Å². The SMILES string of the molecule is CCC(COC)N1C(=O)c2cccc(N=Nc3c(O)c4ccccc4n(C)c3=O)c2C1=O. The molecular formula is C23H22N4O5. The second-order valence-corrected chi connectivity index (χ2v) is 7.48. The lowest BCUT2D eigenvalue weighted by Gasteiger charge is -2.24. The molecule has 0 fully saturated rings. The van der Waals surface area contributed by atoms with Gasteiger partial charge in [0.1, 0.15) is 0 Å². The number of hydrogen-bond acceptors (Lipinski definition) is 7. The van der Waals surface area contributed by atoms with Gasteiger partial charge < -0.3 is 14.4 Å². The smallest absolute Gasteiger partial charge is 0.282 e. The maximum absolute atomic E-state index is 13.1. The average Bonchev–Trinajstić information content (AvgIpc) is 3.06. The molecule has 3 aromatic rings. The van der Waals surface area contributed by atoms with Gasteiger partial charge in [-0.1, -0.05) is 25.1 Å². The Hall–Kier alpha value is -3.85. The number of aryl methyl sites for hydroxylation is 1. The number of pyridine rings is 1. The van der Waals surface area contributed by atoms with Crippen LogP contribution in [-0.2, 0) is 11.8 Å². The fourth-order valence-corrected chi connectivity index (χ4v) is 3.93. The van der Waals surface area contributed by atoms with E-state index >= 15 is 0 Å². The number of carbonyl (C=O) groups is 2. The fourth-order valence-electron chi connectivity index (χ4n) is 3.93. The van der Waals surface area contributed by atoms with E-state index in [0.29, 0.717) is 17.3 Å². The van der Waals surface area contributed by atoms with E-state index < -0.39 is 23.4 Å². The molecule has 4 rings (SSSR count). The number of azo groups is 1. The molecule has 32 heavy (non-hydrogen) atoms. The van der Waals surface area contributed by atoms with E-state index in [1.165, 1.54) is 22.6 Å². The lowest BCUT2D eigenvalue weighted by Crippen LogP contribution is -2.42. The van der Waals surface area contributed by atoms with Gasteiger partial charge in [-0.25, -0.2) is 0 Å². The number of rotatable bonds is 6. The molecule has 0 radical (unpaired) electrons. The van der Waals surface area contributed by atoms with Crippen molar-refractivity contribution in [1.29, 1.82) is 0 Å². The Morgan fingerprint density at radius 1 is 1.03 bits per heavy atom. The number of imide groups is 1. The molecule has 0 aliphatic carbocycles. The Kier molecular flexibility index (Phi) is 5.58. The summed E-state index contributed by atoms with van der Waals surface area (Å²) in [6, 6.07) is 11.2. The van der Waals surface area contributed by atoms with Gasteiger partial charge in [-0.05, 0) is 30.7 Å². The highest BCUT2D eigenvalue weighted by molar-refractivity contribution is 6.23. The fraction of sp³-hybridized carbons (Fsp3) is 0.261. The van der Waals surface area contributed by atoms with Crippen LogP contribution in [0.25, 0.3) is 10.9 Å². The molecule has 1 aliphatic rings. The zero-order valence-corrected chi connectivity index (χ0v) is 17.9. The van der Waals surface area contributed by atoms with Gasteiger partial charge in [-0.2, -0.15) is 0 Å². The first kappa shape index (κ1) is 21.4. The van der Waals surface area contributed by atoms with Crippen molar-refractivity contribution in [2.75, 3.05) is 13.7 Å². The normalized spacial score (nSPS) is 14.5. The van der Waals surface area contributed by atoms with E-state index in [4.69, 9.17) is 4.74 Å². The highest BCUT2D eigenvalue weighted by atomic mass is 16.5. The Labute approximate surface area is 183 Å². The molecule has 1 atom stereocenters. The lowest BCUT2D eigenvalue weighted by molar-refractivity contribution is 0.0466. The Bertz CT molecular complexity index is 1330. The second kappa shape index (κ2) is 8.35. The molecule has 0 saturated carbocycles. The van der Waals surface area contributed by atoms with Crippen LogP contribution in [0, 0.1) is 0 Å². The number of nitrogens with zero attached hydrogens (tertiary/aromatic N) is 4. The van der Waals surface area contributed by atoms with Gasteiger partial charge in [0.25, 0.3) is 17.4 Å². The number of para-hydroxylation sites is 1. The lowest BCUT2D eigenvalue weighted by atomic mass is 10.1. The van der Waals surface area contributed by atoms with Crippen molar-refractivity contribution in [3.63, 3.8) is 0 Å². The van der Waals surface area contributed by atoms with Gasteiger partial charge in [-0.15, -0.1) is 10.2 Å². The van der Waals surface area contributed by atoms with Crippen LogP contribution in [0.15, 0.2) is 57.5 Å². The standard InChI is InChI=1S/C23H22N4O5/c1-4-13(12-32-3)27-21(29)15-9-7-10-16(18(15)22(27)30)24-25-19-20(28)14-8-5-6-11-17(14)26(2)23(19)31/h5-11,13,28H,4,12H2,1-3H3. The van der Waals surface area contributed by atoms with Crippen molar-refractivity contribution < 1.29 is 19.4 Å². The van der Waals surface area contributed by atoms with Gasteiger partial charge in [0.2, 0.25) is 0 Å². The van der Waals surface area contributed by atoms with E-state index in [1.54, 1.807) is 43.4 Å². The average molecular weight is 434 g/mol. The van der Waals surface area contributed by atoms with Crippen molar-refractivity contribution in [2.45, 2.75) is 19.4 Å². The number of benzene rings is 2. The molecule has 1 unspecified atom stereocenters. The summed E-state index contributed by atoms with van der Waals surface area (Å²) in [6.07, 6.45) is 0.539. The Morgan fingerprint density at radius 3 is 2.50 bits per heavy atom. The third-order valence-corrected chi connectivity index (χ3v) is 5.63. The summed E-state index contributed by atoms with van der Waals surface area (Å²) < 4.78 is 6.53. The summed E-state index contributed by atoms with van der Waals surface area (Å²) >= 11 is 0. The minimum atomic E-state index is -0.535. The van der Waals surface area contributed by atoms with Crippen LogP contribution in [-0.4, -0.2) is 46.1 Å². The summed E-state index contributed by atoms with van der Waals surface area (Å²) in [6.45, 7) is 2.09. The first-order valence-electron chi connectivity index (χ1n) is 10.1. The van der Waals surface area contributed by atoms with Crippen LogP contribution in [0.2, 0.25) is 0 Å². The zero-order valence-electron chi connectivity index (χ0n) is 17.9. The second-order valence-electron chi connectivity index (χ2n) is 7.48. The summed E-state index contributed by atoms with van der Waals surface area (Å²) in [5.41, 5.74) is 0.250. The molecule has 1 aromatic heterocycles. The highest BCUT2D eigenvalue weighted by Gasteiger charge is 2.41. The molecule has 0 spiro atoms. The molecule has 9 nitrogen and oxygen atoms in total. The van der Waals surface area contributed by atoms with E-state index in [1.807, 2.05) is 6.92 Å². The van der Waals surface area contributed by atoms with E-state index in [9.17, 15) is 19.5 Å². The summed E-state index contributed by atoms with van der Waals surface area (Å²) in [7, 11) is 3.08. The van der Waals surface area contributed by atoms with Crippen molar-refractivity contribution in [3.8, 4) is 5.75 Å². The number of amides is 2.